The summed E-state index contributed by atoms with van der Waals surface area (Å²) in [5.74, 6) is -4.87. The number of halogens is 3. The average molecular weight is 654 g/mol. The normalized spacial score (nSPS) is 16.2. The highest BCUT2D eigenvalue weighted by atomic mass is 32.2. The summed E-state index contributed by atoms with van der Waals surface area (Å²) in [7, 11) is -4.25. The number of fused-ring (bicyclic) bond motifs is 1. The van der Waals surface area contributed by atoms with Gasteiger partial charge in [0, 0.05) is 37.2 Å². The lowest BCUT2D eigenvalue weighted by Gasteiger charge is -2.34. The maximum Gasteiger partial charge on any atom is 0.410 e. The number of nitrogens with one attached hydrogen (secondary N) is 2. The Balaban J connectivity index is 1.59. The van der Waals surface area contributed by atoms with Gasteiger partial charge in [-0.25, -0.2) is 36.4 Å². The Labute approximate surface area is 259 Å². The first-order valence-electron chi connectivity index (χ1n) is 14.5. The maximum absolute atomic E-state index is 15.0. The number of carbonyl (C=O) groups is 1. The molecule has 3 aromatic rings. The molecule has 1 atom stereocenters. The van der Waals surface area contributed by atoms with Crippen molar-refractivity contribution in [1.29, 1.82) is 0 Å². The van der Waals surface area contributed by atoms with Crippen LogP contribution in [0.1, 0.15) is 66.8 Å². The van der Waals surface area contributed by atoms with Gasteiger partial charge in [0.1, 0.15) is 22.6 Å². The molecule has 12 nitrogen and oxygen atoms in total. The first-order chi connectivity index (χ1) is 20.8. The van der Waals surface area contributed by atoms with Gasteiger partial charge < -0.3 is 15.0 Å². The maximum atomic E-state index is 15.0. The van der Waals surface area contributed by atoms with E-state index in [2.05, 4.69) is 20.3 Å². The van der Waals surface area contributed by atoms with Crippen LogP contribution >= 0.6 is 0 Å². The van der Waals surface area contributed by atoms with Gasteiger partial charge in [-0.15, -0.1) is 0 Å². The molecule has 1 aliphatic rings. The van der Waals surface area contributed by atoms with E-state index in [4.69, 9.17) is 4.74 Å². The number of ether oxygens (including phenoxy) is 1. The number of carbonyl (C=O) groups excluding carboxylic acids is 1. The molecule has 2 aromatic heterocycles. The van der Waals surface area contributed by atoms with E-state index in [1.54, 1.807) is 39.5 Å². The van der Waals surface area contributed by atoms with Gasteiger partial charge in [-0.3, -0.25) is 14.1 Å². The number of benzene rings is 1. The number of nitrogens with zero attached hydrogens (tertiary/aromatic N) is 5. The van der Waals surface area contributed by atoms with E-state index in [0.717, 1.165) is 25.0 Å². The third-order valence-corrected chi connectivity index (χ3v) is 8.14. The van der Waals surface area contributed by atoms with Crippen LogP contribution in [0, 0.1) is 5.82 Å². The molecule has 0 aliphatic carbocycles. The molecule has 246 valence electrons. The first-order valence-corrected chi connectivity index (χ1v) is 16.2. The van der Waals surface area contributed by atoms with Crippen molar-refractivity contribution in [3.8, 4) is 11.3 Å². The minimum absolute atomic E-state index is 0.0727. The number of anilines is 2. The molecule has 0 bridgehead atoms. The molecule has 1 aromatic carbocycles. The lowest BCUT2D eigenvalue weighted by atomic mass is 10.1. The molecule has 4 rings (SSSR count). The second-order valence-corrected chi connectivity index (χ2v) is 14.3. The van der Waals surface area contributed by atoms with Gasteiger partial charge in [0.25, 0.3) is 5.56 Å². The second-order valence-electron chi connectivity index (χ2n) is 12.5. The Morgan fingerprint density at radius 2 is 1.89 bits per heavy atom. The van der Waals surface area contributed by atoms with Crippen LogP contribution in [0.5, 0.6) is 0 Å². The molecular formula is C29H38F3N7O5S. The zero-order valence-electron chi connectivity index (χ0n) is 26.0. The van der Waals surface area contributed by atoms with Crippen LogP contribution < -0.4 is 15.6 Å². The van der Waals surface area contributed by atoms with Crippen molar-refractivity contribution in [2.45, 2.75) is 84.4 Å². The van der Waals surface area contributed by atoms with E-state index in [9.17, 15) is 26.8 Å². The summed E-state index contributed by atoms with van der Waals surface area (Å²) < 4.78 is 74.5. The van der Waals surface area contributed by atoms with E-state index < -0.39 is 56.9 Å². The Hall–Kier alpha value is -3.95. The lowest BCUT2D eigenvalue weighted by Crippen LogP contribution is -2.47. The highest BCUT2D eigenvalue weighted by Crippen LogP contribution is 2.26. The van der Waals surface area contributed by atoms with Crippen molar-refractivity contribution < 1.29 is 31.1 Å². The number of amides is 1. The van der Waals surface area contributed by atoms with Crippen molar-refractivity contribution in [1.82, 2.24) is 24.4 Å². The van der Waals surface area contributed by atoms with Crippen LogP contribution in [0.2, 0.25) is 0 Å². The number of aromatic nitrogens is 4. The minimum Gasteiger partial charge on any atom is -0.444 e. The topological polar surface area (TPSA) is 148 Å². The summed E-state index contributed by atoms with van der Waals surface area (Å²) in [5.41, 5.74) is -1.16. The SMILES string of the molecule is CC(C)n1c(=O)c(-c2ccc(NS(=O)(=O)CCC(C)(F)F)c(F)c2)nc2cnc(N[C@H]3CCCN(C(=O)OC(C)(C)C)C3)nc21. The van der Waals surface area contributed by atoms with Crippen LogP contribution in [0.25, 0.3) is 22.4 Å². The summed E-state index contributed by atoms with van der Waals surface area (Å²) in [6.07, 6.45) is 1.61. The van der Waals surface area contributed by atoms with Crippen LogP contribution in [-0.2, 0) is 14.8 Å². The largest absolute Gasteiger partial charge is 0.444 e. The molecular weight excluding hydrogens is 615 g/mol. The molecule has 0 spiro atoms. The number of hydrogen-bond acceptors (Lipinski definition) is 9. The van der Waals surface area contributed by atoms with E-state index in [0.29, 0.717) is 20.0 Å². The number of likely N-dealkylation sites (tertiary alicyclic amines) is 1. The van der Waals surface area contributed by atoms with E-state index in [1.807, 2.05) is 4.72 Å². The molecule has 16 heteroatoms. The Bertz CT molecular complexity index is 1740. The number of alkyl halides is 2. The zero-order chi connectivity index (χ0) is 33.3. The molecule has 2 N–H and O–H groups in total. The van der Waals surface area contributed by atoms with Crippen LogP contribution in [-0.4, -0.2) is 75.3 Å². The number of rotatable bonds is 9. The van der Waals surface area contributed by atoms with Crippen molar-refractivity contribution in [3.05, 3.63) is 40.6 Å². The third kappa shape index (κ3) is 8.83. The summed E-state index contributed by atoms with van der Waals surface area (Å²) in [4.78, 5) is 41.1. The first kappa shape index (κ1) is 33.9. The standard InChI is InChI=1S/C29H38F3N7O5S/c1-17(2)39-24-22(15-33-26(36-24)34-19-8-7-12-38(16-19)27(41)44-28(3,4)5)35-23(25(39)40)18-9-10-21(20(30)14-18)37-45(42,43)13-11-29(6,31)32/h9-10,14-15,17,19,37H,7-8,11-13,16H2,1-6H3,(H,33,34,36)/t19-/m0/s1. The summed E-state index contributed by atoms with van der Waals surface area (Å²) in [5, 5.41) is 3.24. The van der Waals surface area contributed by atoms with Crippen molar-refractivity contribution in [2.24, 2.45) is 0 Å². The molecule has 3 heterocycles. The molecule has 0 unspecified atom stereocenters. The summed E-state index contributed by atoms with van der Waals surface area (Å²) in [6.45, 7) is 10.5. The average Bonchev–Trinajstić information content (AvgIpc) is 2.91. The zero-order valence-corrected chi connectivity index (χ0v) is 26.8. The lowest BCUT2D eigenvalue weighted by molar-refractivity contribution is 0.0186. The van der Waals surface area contributed by atoms with Gasteiger partial charge in [0.15, 0.2) is 5.65 Å². The molecule has 0 saturated carbocycles. The van der Waals surface area contributed by atoms with Crippen LogP contribution in [0.4, 0.5) is 29.6 Å². The van der Waals surface area contributed by atoms with Crippen LogP contribution in [0.15, 0.2) is 29.2 Å². The summed E-state index contributed by atoms with van der Waals surface area (Å²) in [6, 6.07) is 2.82. The molecule has 1 saturated heterocycles. The molecule has 1 fully saturated rings. The van der Waals surface area contributed by atoms with Gasteiger partial charge in [-0.05, 0) is 66.5 Å². The highest BCUT2D eigenvalue weighted by molar-refractivity contribution is 7.92. The fraction of sp³-hybridized carbons (Fsp3) is 0.552. The van der Waals surface area contributed by atoms with Gasteiger partial charge in [-0.1, -0.05) is 6.07 Å². The molecule has 45 heavy (non-hydrogen) atoms. The smallest absolute Gasteiger partial charge is 0.410 e. The number of piperidine rings is 1. The van der Waals surface area contributed by atoms with E-state index >= 15 is 4.39 Å². The summed E-state index contributed by atoms with van der Waals surface area (Å²) >= 11 is 0. The minimum atomic E-state index is -4.25. The molecule has 0 radical (unpaired) electrons. The van der Waals surface area contributed by atoms with Crippen molar-refractivity contribution in [2.75, 3.05) is 28.9 Å². The number of sulfonamides is 1. The van der Waals surface area contributed by atoms with Crippen molar-refractivity contribution in [3.63, 3.8) is 0 Å². The Kier molecular flexibility index (Phi) is 9.66. The van der Waals surface area contributed by atoms with Crippen molar-refractivity contribution >= 4 is 38.9 Å². The van der Waals surface area contributed by atoms with Gasteiger partial charge in [-0.2, -0.15) is 4.98 Å². The predicted octanol–water partition coefficient (Wildman–Crippen LogP) is 5.17. The van der Waals surface area contributed by atoms with E-state index in [-0.39, 0.29) is 40.5 Å². The fourth-order valence-electron chi connectivity index (χ4n) is 4.78. The molecule has 1 aliphatic heterocycles. The van der Waals surface area contributed by atoms with Gasteiger partial charge >= 0.3 is 6.09 Å². The third-order valence-electron chi connectivity index (χ3n) is 6.87. The van der Waals surface area contributed by atoms with E-state index in [1.165, 1.54) is 16.8 Å². The predicted molar refractivity (Wildman–Crippen MR) is 164 cm³/mol. The number of hydrogen-bond donors (Lipinski definition) is 2. The molecule has 1 amide bonds. The Morgan fingerprint density at radius 1 is 1.18 bits per heavy atom. The second kappa shape index (κ2) is 12.8. The Morgan fingerprint density at radius 3 is 2.51 bits per heavy atom. The quantitative estimate of drug-likeness (QED) is 0.319. The fourth-order valence-corrected chi connectivity index (χ4v) is 6.01. The highest BCUT2D eigenvalue weighted by Gasteiger charge is 2.29. The van der Waals surface area contributed by atoms with Gasteiger partial charge in [0.05, 0.1) is 17.6 Å². The monoisotopic (exact) mass is 653 g/mol. The van der Waals surface area contributed by atoms with Crippen LogP contribution in [0.3, 0.4) is 0 Å². The van der Waals surface area contributed by atoms with Gasteiger partial charge in [0.2, 0.25) is 21.9 Å².